The van der Waals surface area contributed by atoms with Crippen molar-refractivity contribution in [2.75, 3.05) is 0 Å². The number of rotatable bonds is 12. The van der Waals surface area contributed by atoms with Gasteiger partial charge in [-0.3, -0.25) is 0 Å². The summed E-state index contributed by atoms with van der Waals surface area (Å²) in [6.45, 7) is 0. The number of hydrogen-bond donors (Lipinski definition) is 0. The molecule has 0 aromatic heterocycles. The maximum Gasteiger partial charge on any atom is 0.0630 e. The predicted molar refractivity (Wildman–Crippen MR) is 620 cm³/mol. The van der Waals surface area contributed by atoms with Crippen LogP contribution in [0.15, 0.2) is 586 Å². The standard InChI is InChI=1S/C46H32.2C36H24.C26H18/c1-3-15-37-31(11-1)13-9-21-39(37)33-23-27-35(28-24-33)45-41-17-5-7-19-43(41)46(44-20-8-6-18-42(44)45)36-29-25-34(26-30-36)40-22-10-14-32-12-2-4-16-38(32)40;1-3-13-25(14-4-1)27-23-24-34(29-18-8-7-17-28(27)29)36-32-21-11-9-19-30(32)35(26-15-5-2-6-16-26)31-20-10-12-22-33(31)36;1-2-12-27(13-3-1)35-31-16-6-8-18-33(31)36(34-19-9-7-17-32(34)35)28-23-21-26(22-24-28)30-20-10-14-25-11-4-5-15-29(25)30;1-3-11-19(12-4-1)25-21-15-7-9-17-23(21)26(20-13-5-2-6-14-20)24-18-10-8-16-22(24)25/h1-30,37,39H;2*1-24H;1-18H/i1D,2D,3D,4D,5D,6D,7D,8D,9D,10D,11D,12D,13D,14D,15D,16D,17D,18D,19D,20D,21D,22D,23D,24D,25D,26D,27D,28D,29D,30D;2*1D,2D,3D,4D,5D,6D,7D,8D,9D,10D,11D,12D,13D,14D,15D,16D,17D,18D,19D,20D,21D,22D,23D,24D;1D,2D,3D,4D,5D,6D,7D,8D,9D,10D,11D,12D,13D,14D,15D,16D,17D,18D. The van der Waals surface area contributed by atoms with Gasteiger partial charge in [-0.2, -0.15) is 0 Å². The second kappa shape index (κ2) is 38.7. The van der Waals surface area contributed by atoms with E-state index in [1.165, 1.54) is 0 Å². The molecular formula is C144H98. The summed E-state index contributed by atoms with van der Waals surface area (Å²) >= 11 is 0. The Labute approximate surface area is 975 Å². The molecule has 2 aliphatic carbocycles. The van der Waals surface area contributed by atoms with Gasteiger partial charge >= 0.3 is 0 Å². The lowest BCUT2D eigenvalue weighted by molar-refractivity contribution is 0.670. The summed E-state index contributed by atoms with van der Waals surface area (Å²) in [4.78, 5) is 0. The van der Waals surface area contributed by atoms with Crippen molar-refractivity contribution in [3.63, 3.8) is 0 Å². The van der Waals surface area contributed by atoms with E-state index < -0.39 is 844 Å². The van der Waals surface area contributed by atoms with E-state index >= 15 is 0 Å². The van der Waals surface area contributed by atoms with Gasteiger partial charge in [-0.15, -0.1) is 0 Å². The van der Waals surface area contributed by atoms with Crippen molar-refractivity contribution < 1.29 is 132 Å². The van der Waals surface area contributed by atoms with E-state index in [2.05, 4.69) is 0 Å². The first-order chi connectivity index (χ1) is 111. The van der Waals surface area contributed by atoms with Gasteiger partial charge in [-0.05, 0) is 252 Å². The quantitative estimate of drug-likeness (QED) is 0.107. The largest absolute Gasteiger partial charge is 0.0761 e. The molecule has 0 saturated carbocycles. The minimum Gasteiger partial charge on any atom is -0.0761 e. The zero-order valence-electron chi connectivity index (χ0n) is 168. The van der Waals surface area contributed by atoms with Crippen molar-refractivity contribution in [3.05, 3.63) is 591 Å². The Balaban J connectivity index is 0.000000151. The van der Waals surface area contributed by atoms with E-state index in [1.807, 2.05) is 0 Å². The minimum atomic E-state index is -1.88. The van der Waals surface area contributed by atoms with Crippen molar-refractivity contribution in [1.82, 2.24) is 0 Å². The number of hydrogen-bond acceptors (Lipinski definition) is 0. The summed E-state index contributed by atoms with van der Waals surface area (Å²) in [6.07, 6.45) is 0. The highest BCUT2D eigenvalue weighted by atomic mass is 14.3. The molecule has 0 nitrogen and oxygen atoms in total. The zero-order valence-corrected chi connectivity index (χ0v) is 72.2. The maximum absolute atomic E-state index is 9.56. The van der Waals surface area contributed by atoms with E-state index in [0.717, 1.165) is 0 Å². The predicted octanol–water partition coefficient (Wildman–Crippen LogP) is 40.1. The van der Waals surface area contributed by atoms with Gasteiger partial charge in [-0.25, -0.2) is 0 Å². The Hall–Kier alpha value is -18.5. The summed E-state index contributed by atoms with van der Waals surface area (Å²) in [6, 6.07) is -87.6. The first-order valence-corrected chi connectivity index (χ1v) is 42.2. The zero-order chi connectivity index (χ0) is 179. The van der Waals surface area contributed by atoms with Gasteiger partial charge < -0.3 is 0 Å². The number of benzene rings is 26. The number of fused-ring (bicyclic) bond motifs is 12. The van der Waals surface area contributed by atoms with Crippen LogP contribution >= 0.6 is 0 Å². The molecule has 0 fully saturated rings. The monoisotopic (exact) mass is 1920 g/mol. The Morgan fingerprint density at radius 2 is 0.340 bits per heavy atom. The molecule has 26 aromatic carbocycles. The van der Waals surface area contributed by atoms with Crippen LogP contribution in [-0.4, -0.2) is 0 Å². The molecule has 28 rings (SSSR count). The van der Waals surface area contributed by atoms with Crippen molar-refractivity contribution in [2.24, 2.45) is 5.92 Å². The highest BCUT2D eigenvalue weighted by Gasteiger charge is 2.28. The molecule has 674 valence electrons. The van der Waals surface area contributed by atoms with Gasteiger partial charge in [0, 0.05) is 11.8 Å². The third kappa shape index (κ3) is 16.2. The smallest absolute Gasteiger partial charge is 0.0630 e. The van der Waals surface area contributed by atoms with Crippen LogP contribution < -0.4 is 0 Å². The fraction of sp³-hybridized carbons (Fsp3) is 0.0139. The van der Waals surface area contributed by atoms with Gasteiger partial charge in [0.2, 0.25) is 0 Å². The molecule has 0 heteroatoms. The Kier molecular flexibility index (Phi) is 8.69. The molecule has 0 heterocycles. The highest BCUT2D eigenvalue weighted by Crippen LogP contribution is 2.52. The molecule has 0 N–H and O–H groups in total. The molecule has 0 bridgehead atoms. The Morgan fingerprint density at radius 3 is 0.653 bits per heavy atom. The average Bonchev–Trinajstić information content (AvgIpc) is 0.679. The van der Waals surface area contributed by atoms with Gasteiger partial charge in [-0.1, -0.05) is 580 Å². The van der Waals surface area contributed by atoms with E-state index in [1.54, 1.807) is 0 Å². The Bertz CT molecular complexity index is 15200. The summed E-state index contributed by atoms with van der Waals surface area (Å²) in [5.41, 5.74) is -17.0. The summed E-state index contributed by atoms with van der Waals surface area (Å²) in [7, 11) is 0. The summed E-state index contributed by atoms with van der Waals surface area (Å²) < 4.78 is 842. The molecular weight excluding hydrogens is 1730 g/mol. The summed E-state index contributed by atoms with van der Waals surface area (Å²) in [5, 5.41) is -14.5. The SMILES string of the molecule is [2H]C1=C([2H])C2=C([2H])C([2H])=C([2H])C(c3c([2H])c([2H])c(-c4c5c([2H])c([2H])c([2H])c([2H])c5c(-c5c([2H])c([2H])c(-c6c([2H])c([2H])c([2H])c7c([2H])c([2H])c([2H])c([2H])c67)c([2H])c5[2H])c5c([2H])c([2H])c([2H])c([2H])c45)c([2H])c3[2H])C2C([2H])=C1[2H].[2H]c1c([2H])c([2H])c(-c2c([2H])c([2H])c(-c3c4c([2H])c([2H])c([2H])c([2H])c4c(-c4c([2H])c([2H])c([2H])c([2H])c4[2H])c4c([2H])c([2H])c([2H])c([2H])c34)c3c([2H])c([2H])c([2H])c([2H])c23)c([2H])c1[2H].[2H]c1c([2H])c([2H])c(-c2c3c([2H])c([2H])c([2H])c([2H])c3c(-c3c([2H])c([2H])c(-c4c([2H])c([2H])c([2H])c5c([2H])c([2H])c([2H])c([2H])c45)c([2H])c3[2H])c3c([2H])c([2H])c([2H])c([2H])c23)c([2H])c1[2H].[2H]c1c([2H])c([2H])c(-c2c3c([2H])c([2H])c([2H])c([2H])c3c(-c3c([2H])c([2H])c([2H])c([2H])c3[2H])c3c([2H])c([2H])c([2H])c([2H])c23)c([2H])c1[2H]. The number of allylic oxidation sites excluding steroid dienone is 8. The van der Waals surface area contributed by atoms with Crippen LogP contribution in [0.1, 0.15) is 143 Å². The maximum atomic E-state index is 9.56. The van der Waals surface area contributed by atoms with Crippen LogP contribution in [0.2, 0.25) is 0 Å². The second-order valence-corrected chi connectivity index (χ2v) is 30.3. The van der Waals surface area contributed by atoms with Crippen LogP contribution in [0.25, 0.3) is 241 Å². The highest BCUT2D eigenvalue weighted by molar-refractivity contribution is 6.27. The van der Waals surface area contributed by atoms with Gasteiger partial charge in [0.05, 0.1) is 132 Å². The topological polar surface area (TPSA) is 0 Å². The van der Waals surface area contributed by atoms with Crippen LogP contribution in [0.3, 0.4) is 0 Å². The molecule has 2 atom stereocenters. The third-order valence-electron chi connectivity index (χ3n) is 22.6. The Morgan fingerprint density at radius 1 is 0.132 bits per heavy atom. The molecule has 0 spiro atoms. The fourth-order valence-electron chi connectivity index (χ4n) is 16.6. The van der Waals surface area contributed by atoms with E-state index in [4.69, 9.17) is 100 Å². The van der Waals surface area contributed by atoms with Gasteiger partial charge in [0.15, 0.2) is 0 Å². The van der Waals surface area contributed by atoms with E-state index in [-0.39, 0.29) is 0 Å². The molecule has 2 aliphatic rings. The lowest BCUT2D eigenvalue weighted by Crippen LogP contribution is -2.14. The van der Waals surface area contributed by atoms with Crippen molar-refractivity contribution >= 4 is 118 Å². The van der Waals surface area contributed by atoms with Crippen LogP contribution in [0, 0.1) is 5.92 Å². The lowest BCUT2D eigenvalue weighted by atomic mass is 9.76. The van der Waals surface area contributed by atoms with E-state index in [9.17, 15) is 31.5 Å². The molecule has 0 amide bonds. The minimum absolute atomic E-state index is 0.479. The van der Waals surface area contributed by atoms with Gasteiger partial charge in [0.25, 0.3) is 0 Å². The van der Waals surface area contributed by atoms with E-state index in [0.29, 0.717) is 0 Å². The van der Waals surface area contributed by atoms with Crippen molar-refractivity contribution in [2.45, 2.75) is 5.92 Å². The van der Waals surface area contributed by atoms with Gasteiger partial charge in [0.1, 0.15) is 0 Å². The van der Waals surface area contributed by atoms with Crippen LogP contribution in [-0.2, 0) is 0 Å². The fourth-order valence-corrected chi connectivity index (χ4v) is 16.6. The molecule has 2 unspecified atom stereocenters. The van der Waals surface area contributed by atoms with Crippen molar-refractivity contribution in [1.29, 1.82) is 0 Å². The first kappa shape index (κ1) is 32.3. The lowest BCUT2D eigenvalue weighted by Gasteiger charge is -2.28. The molecule has 144 heavy (non-hydrogen) atoms. The molecule has 26 aromatic rings. The van der Waals surface area contributed by atoms with Crippen LogP contribution in [0.5, 0.6) is 0 Å². The average molecular weight is 1920 g/mol. The van der Waals surface area contributed by atoms with Crippen LogP contribution in [0.4, 0.5) is 0 Å². The molecule has 0 saturated heterocycles. The normalized spacial score (nSPS) is 22.9. The second-order valence-electron chi connectivity index (χ2n) is 30.3. The first-order valence-electron chi connectivity index (χ1n) is 90.2. The van der Waals surface area contributed by atoms with Crippen molar-refractivity contribution in [3.8, 4) is 122 Å². The molecule has 0 aliphatic heterocycles. The summed E-state index contributed by atoms with van der Waals surface area (Å²) in [5.74, 6) is -3.62. The third-order valence-corrected chi connectivity index (χ3v) is 22.6. The molecule has 0 radical (unpaired) electrons.